The minimum atomic E-state index is 0. The van der Waals surface area contributed by atoms with Gasteiger partial charge in [-0.3, -0.25) is 0 Å². The summed E-state index contributed by atoms with van der Waals surface area (Å²) in [5, 5.41) is 9.85. The van der Waals surface area contributed by atoms with E-state index in [1.165, 1.54) is 5.56 Å². The maximum atomic E-state index is 6.39. The summed E-state index contributed by atoms with van der Waals surface area (Å²) < 4.78 is 7.76. The van der Waals surface area contributed by atoms with E-state index in [9.17, 15) is 0 Å². The fraction of sp³-hybridized carbons (Fsp3) is 0.333. The third kappa shape index (κ3) is 5.76. The van der Waals surface area contributed by atoms with E-state index in [0.717, 1.165) is 22.7 Å². The molecule has 30 heavy (non-hydrogen) atoms. The minimum Gasteiger partial charge on any atom is -0.870 e. The third-order valence-electron chi connectivity index (χ3n) is 4.56. The van der Waals surface area contributed by atoms with E-state index in [-0.39, 0.29) is 35.5 Å². The van der Waals surface area contributed by atoms with Gasteiger partial charge in [0.15, 0.2) is 0 Å². The Hall–Kier alpha value is -1.13. The topological polar surface area (TPSA) is 69.9 Å². The van der Waals surface area contributed by atoms with Gasteiger partial charge in [0, 0.05) is 5.25 Å². The van der Waals surface area contributed by atoms with Crippen molar-refractivity contribution >= 4 is 35.8 Å². The van der Waals surface area contributed by atoms with Crippen molar-refractivity contribution in [3.63, 3.8) is 0 Å². The van der Waals surface area contributed by atoms with Crippen LogP contribution in [0.25, 0.3) is 5.69 Å². The van der Waals surface area contributed by atoms with Gasteiger partial charge in [-0.05, 0) is 55.2 Å². The number of halogens is 2. The predicted molar refractivity (Wildman–Crippen MR) is 120 cm³/mol. The zero-order valence-electron chi connectivity index (χ0n) is 17.7. The molecule has 1 atom stereocenters. The number of thiol groups is 1. The molecule has 2 aromatic carbocycles. The molecule has 0 aliphatic carbocycles. The molecular formula is C21H24Cl2LiN3O2S. The Morgan fingerprint density at radius 3 is 2.27 bits per heavy atom. The molecule has 0 bridgehead atoms. The standard InChI is InChI=1S/C21H23Cl2N3OS.Li.H2O/c1-12(2)20-19(11-27-15-8-9-16(14(4)28)13(3)10-15)26(25-24-20)21-17(22)6-5-7-18(21)23;;/h5-10,12,14,28H,11H2,1-4H3;;1H2/q;+1;/p-1. The van der Waals surface area contributed by atoms with Gasteiger partial charge in [0.25, 0.3) is 0 Å². The average molecular weight is 460 g/mol. The van der Waals surface area contributed by atoms with Crippen LogP contribution in [-0.4, -0.2) is 20.5 Å². The first-order chi connectivity index (χ1) is 13.3. The van der Waals surface area contributed by atoms with Gasteiger partial charge in [-0.15, -0.1) is 5.10 Å². The van der Waals surface area contributed by atoms with Crippen LogP contribution in [-0.2, 0) is 6.61 Å². The maximum absolute atomic E-state index is 6.39. The summed E-state index contributed by atoms with van der Waals surface area (Å²) in [6, 6.07) is 11.4. The van der Waals surface area contributed by atoms with Gasteiger partial charge in [-0.1, -0.05) is 54.4 Å². The van der Waals surface area contributed by atoms with Crippen molar-refractivity contribution in [2.45, 2.75) is 45.5 Å². The maximum Gasteiger partial charge on any atom is 1.00 e. The first kappa shape index (κ1) is 26.9. The Labute approximate surface area is 205 Å². The number of hydrogen-bond acceptors (Lipinski definition) is 5. The summed E-state index contributed by atoms with van der Waals surface area (Å²) in [5.41, 5.74) is 4.62. The summed E-state index contributed by atoms with van der Waals surface area (Å²) >= 11 is 17.3. The second-order valence-electron chi connectivity index (χ2n) is 7.04. The van der Waals surface area contributed by atoms with Crippen LogP contribution in [0.2, 0.25) is 10.0 Å². The Kier molecular flexibility index (Phi) is 10.3. The van der Waals surface area contributed by atoms with Crippen LogP contribution >= 0.6 is 35.8 Å². The molecule has 0 fully saturated rings. The molecule has 0 aliphatic heterocycles. The zero-order valence-corrected chi connectivity index (χ0v) is 20.1. The quantitative estimate of drug-likeness (QED) is 0.452. The monoisotopic (exact) mass is 459 g/mol. The number of ether oxygens (including phenoxy) is 1. The van der Waals surface area contributed by atoms with E-state index in [1.54, 1.807) is 22.9 Å². The molecule has 3 aromatic rings. The SMILES string of the molecule is Cc1cc(OCc2c(C(C)C)nnn2-c2c(Cl)cccc2Cl)ccc1C(C)S.[Li+].[OH-]. The van der Waals surface area contributed by atoms with E-state index in [2.05, 4.69) is 50.6 Å². The molecule has 1 aromatic heterocycles. The number of aryl methyl sites for hydroxylation is 1. The molecule has 156 valence electrons. The summed E-state index contributed by atoms with van der Waals surface area (Å²) in [5.74, 6) is 0.964. The molecule has 0 saturated carbocycles. The van der Waals surface area contributed by atoms with Crippen molar-refractivity contribution in [2.75, 3.05) is 0 Å². The van der Waals surface area contributed by atoms with Crippen molar-refractivity contribution in [3.05, 3.63) is 69.0 Å². The van der Waals surface area contributed by atoms with Crippen LogP contribution in [0.15, 0.2) is 36.4 Å². The number of aromatic nitrogens is 3. The third-order valence-corrected chi connectivity index (χ3v) is 5.44. The first-order valence-electron chi connectivity index (χ1n) is 9.09. The molecule has 1 heterocycles. The Morgan fingerprint density at radius 1 is 1.10 bits per heavy atom. The van der Waals surface area contributed by atoms with Gasteiger partial charge in [-0.25, -0.2) is 4.68 Å². The van der Waals surface area contributed by atoms with Gasteiger partial charge < -0.3 is 10.2 Å². The Balaban J connectivity index is 0.00000225. The van der Waals surface area contributed by atoms with E-state index in [1.807, 2.05) is 18.2 Å². The van der Waals surface area contributed by atoms with Crippen LogP contribution in [0.1, 0.15) is 54.5 Å². The first-order valence-corrected chi connectivity index (χ1v) is 10.4. The summed E-state index contributed by atoms with van der Waals surface area (Å²) in [6.45, 7) is 8.55. The molecule has 3 rings (SSSR count). The van der Waals surface area contributed by atoms with Crippen LogP contribution in [0.5, 0.6) is 5.75 Å². The van der Waals surface area contributed by atoms with Gasteiger partial charge in [-0.2, -0.15) is 12.6 Å². The minimum absolute atomic E-state index is 0. The predicted octanol–water partition coefficient (Wildman–Crippen LogP) is 3.40. The van der Waals surface area contributed by atoms with E-state index in [4.69, 9.17) is 27.9 Å². The van der Waals surface area contributed by atoms with Crippen LogP contribution < -0.4 is 23.6 Å². The second-order valence-corrected chi connectivity index (χ2v) is 8.63. The normalized spacial score (nSPS) is 11.6. The largest absolute Gasteiger partial charge is 1.00 e. The summed E-state index contributed by atoms with van der Waals surface area (Å²) in [4.78, 5) is 0. The molecule has 9 heteroatoms. The number of hydrogen-bond donors (Lipinski definition) is 1. The molecule has 0 spiro atoms. The molecule has 5 nitrogen and oxygen atoms in total. The van der Waals surface area contributed by atoms with Gasteiger partial charge in [0.05, 0.1) is 15.7 Å². The summed E-state index contributed by atoms with van der Waals surface area (Å²) in [6.07, 6.45) is 0. The molecule has 0 saturated heterocycles. The summed E-state index contributed by atoms with van der Waals surface area (Å²) in [7, 11) is 0. The second kappa shape index (κ2) is 11.5. The van der Waals surface area contributed by atoms with Crippen LogP contribution in [0.3, 0.4) is 0 Å². The molecule has 0 radical (unpaired) electrons. The van der Waals surface area contributed by atoms with E-state index >= 15 is 0 Å². The fourth-order valence-electron chi connectivity index (χ4n) is 3.13. The van der Waals surface area contributed by atoms with Crippen LogP contribution in [0, 0.1) is 6.92 Å². The van der Waals surface area contributed by atoms with Gasteiger partial charge >= 0.3 is 18.9 Å². The Morgan fingerprint density at radius 2 is 1.73 bits per heavy atom. The van der Waals surface area contributed by atoms with E-state index < -0.39 is 0 Å². The molecule has 0 amide bonds. The smallest absolute Gasteiger partial charge is 0.870 e. The molecule has 1 unspecified atom stereocenters. The van der Waals surface area contributed by atoms with Crippen molar-refractivity contribution in [1.82, 2.24) is 15.0 Å². The number of para-hydroxylation sites is 1. The molecule has 1 N–H and O–H groups in total. The number of nitrogens with zero attached hydrogens (tertiary/aromatic N) is 3. The van der Waals surface area contributed by atoms with E-state index in [0.29, 0.717) is 22.3 Å². The molecular weight excluding hydrogens is 436 g/mol. The van der Waals surface area contributed by atoms with Crippen molar-refractivity contribution in [3.8, 4) is 11.4 Å². The number of rotatable bonds is 6. The molecule has 0 aliphatic rings. The van der Waals surface area contributed by atoms with Crippen molar-refractivity contribution in [2.24, 2.45) is 0 Å². The zero-order chi connectivity index (χ0) is 20.4. The van der Waals surface area contributed by atoms with Gasteiger partial charge in [0.1, 0.15) is 23.7 Å². The van der Waals surface area contributed by atoms with Gasteiger partial charge in [0.2, 0.25) is 0 Å². The fourth-order valence-corrected chi connectivity index (χ4v) is 3.97. The Bertz CT molecular complexity index is 976. The average Bonchev–Trinajstić information content (AvgIpc) is 3.03. The number of benzene rings is 2. The van der Waals surface area contributed by atoms with Crippen LogP contribution in [0.4, 0.5) is 0 Å². The van der Waals surface area contributed by atoms with Crippen molar-refractivity contribution in [1.29, 1.82) is 0 Å². The van der Waals surface area contributed by atoms with Crippen molar-refractivity contribution < 1.29 is 29.1 Å².